The van der Waals surface area contributed by atoms with E-state index < -0.39 is 46.2 Å². The van der Waals surface area contributed by atoms with Crippen molar-refractivity contribution >= 4 is 17.6 Å². The molecule has 0 saturated carbocycles. The molecule has 2 heterocycles. The van der Waals surface area contributed by atoms with Crippen molar-refractivity contribution in [2.75, 3.05) is 19.5 Å². The van der Waals surface area contributed by atoms with Crippen molar-refractivity contribution < 1.29 is 32.2 Å². The molecule has 1 atom stereocenters. The van der Waals surface area contributed by atoms with E-state index >= 15 is 0 Å². The summed E-state index contributed by atoms with van der Waals surface area (Å²) in [5.74, 6) is -2.54. The molecule has 0 unspecified atom stereocenters. The van der Waals surface area contributed by atoms with Gasteiger partial charge in [-0.25, -0.2) is 4.79 Å². The largest absolute Gasteiger partial charge is 0.493 e. The Hall–Kier alpha value is -3.77. The van der Waals surface area contributed by atoms with E-state index in [9.17, 15) is 32.3 Å². The Morgan fingerprint density at radius 3 is 2.39 bits per heavy atom. The number of carbonyl (C=O) groups excluding carboxylic acids is 2. The van der Waals surface area contributed by atoms with Gasteiger partial charge in [-0.1, -0.05) is 13.0 Å². The van der Waals surface area contributed by atoms with Gasteiger partial charge in [0.1, 0.15) is 11.4 Å². The minimum absolute atomic E-state index is 0.134. The number of aromatic amines is 1. The molecule has 1 aromatic carbocycles. The van der Waals surface area contributed by atoms with Gasteiger partial charge in [0.25, 0.3) is 11.5 Å². The van der Waals surface area contributed by atoms with E-state index in [1.54, 1.807) is 23.5 Å². The van der Waals surface area contributed by atoms with E-state index in [4.69, 9.17) is 9.47 Å². The average Bonchev–Trinajstić information content (AvgIpc) is 3.06. The predicted octanol–water partition coefficient (Wildman–Crippen LogP) is 1.03. The molecule has 33 heavy (non-hydrogen) atoms. The second-order valence-corrected chi connectivity index (χ2v) is 7.18. The molecular weight excluding hydrogens is 449 g/mol. The molecule has 0 spiro atoms. The Bertz CT molecular complexity index is 1220. The van der Waals surface area contributed by atoms with Crippen LogP contribution in [0.1, 0.15) is 24.5 Å². The summed E-state index contributed by atoms with van der Waals surface area (Å²) in [7, 11) is 2.88. The third kappa shape index (κ3) is 3.94. The van der Waals surface area contributed by atoms with Crippen LogP contribution in [0.15, 0.2) is 27.8 Å². The van der Waals surface area contributed by atoms with Crippen LogP contribution in [0.5, 0.6) is 11.5 Å². The summed E-state index contributed by atoms with van der Waals surface area (Å²) in [4.78, 5) is 51.1. The lowest BCUT2D eigenvalue weighted by molar-refractivity contribution is -0.200. The third-order valence-electron chi connectivity index (χ3n) is 5.29. The first kappa shape index (κ1) is 23.9. The second-order valence-electron chi connectivity index (χ2n) is 7.18. The van der Waals surface area contributed by atoms with Crippen molar-refractivity contribution in [2.45, 2.75) is 38.0 Å². The smallest absolute Gasteiger partial charge is 0.425 e. The molecule has 3 rings (SSSR count). The number of carbonyl (C=O) groups is 2. The number of fused-ring (bicyclic) bond motifs is 1. The zero-order chi connectivity index (χ0) is 24.6. The van der Waals surface area contributed by atoms with Gasteiger partial charge in [0.05, 0.1) is 14.2 Å². The molecule has 3 N–H and O–H groups in total. The van der Waals surface area contributed by atoms with Crippen LogP contribution < -0.4 is 31.4 Å². The Morgan fingerprint density at radius 1 is 1.15 bits per heavy atom. The Labute approximate surface area is 184 Å². The fraction of sp³-hybridized carbons (Fsp3) is 0.400. The van der Waals surface area contributed by atoms with Crippen LogP contribution in [0.4, 0.5) is 19.0 Å². The van der Waals surface area contributed by atoms with Gasteiger partial charge >= 0.3 is 11.9 Å². The molecule has 2 amide bonds. The fourth-order valence-electron chi connectivity index (χ4n) is 3.61. The summed E-state index contributed by atoms with van der Waals surface area (Å²) < 4.78 is 53.5. The van der Waals surface area contributed by atoms with Crippen molar-refractivity contribution in [3.63, 3.8) is 0 Å². The number of aryl methyl sites for hydroxylation is 1. The van der Waals surface area contributed by atoms with Gasteiger partial charge in [-0.2, -0.15) is 13.2 Å². The molecule has 0 saturated heterocycles. The number of H-pyrrole nitrogens is 1. The number of aromatic nitrogens is 2. The Kier molecular flexibility index (Phi) is 6.25. The molecular formula is C20H21F3N4O6. The van der Waals surface area contributed by atoms with E-state index in [0.717, 1.165) is 4.57 Å². The van der Waals surface area contributed by atoms with Crippen LogP contribution in [0.2, 0.25) is 0 Å². The first-order valence-electron chi connectivity index (χ1n) is 9.77. The number of methoxy groups -OCH3 is 2. The van der Waals surface area contributed by atoms with Gasteiger partial charge in [0.2, 0.25) is 11.4 Å². The van der Waals surface area contributed by atoms with Crippen molar-refractivity contribution in [3.8, 4) is 11.5 Å². The molecule has 1 aromatic heterocycles. The van der Waals surface area contributed by atoms with Crippen LogP contribution >= 0.6 is 0 Å². The zero-order valence-electron chi connectivity index (χ0n) is 17.9. The minimum Gasteiger partial charge on any atom is -0.493 e. The minimum atomic E-state index is -5.36. The quantitative estimate of drug-likeness (QED) is 0.554. The van der Waals surface area contributed by atoms with Crippen molar-refractivity contribution in [3.05, 3.63) is 50.2 Å². The zero-order valence-corrected chi connectivity index (χ0v) is 17.9. The van der Waals surface area contributed by atoms with E-state index in [0.29, 0.717) is 17.1 Å². The van der Waals surface area contributed by atoms with E-state index in [1.165, 1.54) is 21.1 Å². The maximum Gasteiger partial charge on any atom is 0.425 e. The number of rotatable bonds is 7. The van der Waals surface area contributed by atoms with Crippen molar-refractivity contribution in [1.29, 1.82) is 0 Å². The van der Waals surface area contributed by atoms with Crippen LogP contribution in [-0.2, 0) is 28.1 Å². The molecule has 10 nitrogen and oxygen atoms in total. The molecule has 2 aromatic rings. The number of benzene rings is 1. The maximum atomic E-state index is 14.1. The van der Waals surface area contributed by atoms with Crippen LogP contribution in [0, 0.1) is 0 Å². The average molecular weight is 470 g/mol. The summed E-state index contributed by atoms with van der Waals surface area (Å²) in [5.41, 5.74) is -6.51. The standard InChI is InChI=1S/C20H21F3N4O6/c1-4-13(28)26-19(20(21,22)23)14-15(24-17(19)30)27(18(31)25-16(14)29)8-7-10-5-6-11(32-2)12(9-10)33-3/h5-6,9H,4,7-8H2,1-3H3,(H,24,30)(H,26,28)(H,25,29,31)/t19-/m0/s1. The van der Waals surface area contributed by atoms with Gasteiger partial charge < -0.3 is 20.1 Å². The SMILES string of the molecule is CCC(=O)N[C@]1(C(F)(F)F)C(=O)Nc2c1c(=O)[nH]c(=O)n2CCc1ccc(OC)c(OC)c1. The van der Waals surface area contributed by atoms with E-state index in [2.05, 4.69) is 0 Å². The number of nitrogens with zero attached hydrogens (tertiary/aromatic N) is 1. The predicted molar refractivity (Wildman–Crippen MR) is 109 cm³/mol. The van der Waals surface area contributed by atoms with Gasteiger partial charge in [-0.3, -0.25) is 23.9 Å². The molecule has 1 aliphatic heterocycles. The third-order valence-corrected chi connectivity index (χ3v) is 5.29. The second kappa shape index (κ2) is 8.64. The topological polar surface area (TPSA) is 132 Å². The molecule has 178 valence electrons. The van der Waals surface area contributed by atoms with Crippen LogP contribution in [0.3, 0.4) is 0 Å². The summed E-state index contributed by atoms with van der Waals surface area (Å²) in [5, 5.41) is 3.61. The number of hydrogen-bond acceptors (Lipinski definition) is 6. The molecule has 0 fully saturated rings. The lowest BCUT2D eigenvalue weighted by Crippen LogP contribution is -2.62. The molecule has 1 aliphatic rings. The van der Waals surface area contributed by atoms with Gasteiger partial charge in [0, 0.05) is 13.0 Å². The van der Waals surface area contributed by atoms with Gasteiger partial charge in [0.15, 0.2) is 11.5 Å². The highest BCUT2D eigenvalue weighted by atomic mass is 19.4. The van der Waals surface area contributed by atoms with Crippen LogP contribution in [0.25, 0.3) is 0 Å². The van der Waals surface area contributed by atoms with E-state index in [-0.39, 0.29) is 19.4 Å². The number of alkyl halides is 3. The molecule has 0 aliphatic carbocycles. The first-order valence-corrected chi connectivity index (χ1v) is 9.77. The van der Waals surface area contributed by atoms with Gasteiger partial charge in [-0.05, 0) is 24.1 Å². The number of halogens is 3. The molecule has 0 radical (unpaired) electrons. The Balaban J connectivity index is 2.10. The first-order chi connectivity index (χ1) is 15.5. The van der Waals surface area contributed by atoms with Gasteiger partial charge in [-0.15, -0.1) is 0 Å². The lowest BCUT2D eigenvalue weighted by atomic mass is 9.91. The number of amides is 2. The fourth-order valence-corrected chi connectivity index (χ4v) is 3.61. The number of hydrogen-bond donors (Lipinski definition) is 3. The monoisotopic (exact) mass is 470 g/mol. The maximum absolute atomic E-state index is 14.1. The van der Waals surface area contributed by atoms with E-state index in [1.807, 2.05) is 10.3 Å². The molecule has 13 heteroatoms. The Morgan fingerprint density at radius 2 is 1.82 bits per heavy atom. The summed E-state index contributed by atoms with van der Waals surface area (Å²) in [6.07, 6.45) is -5.59. The highest BCUT2D eigenvalue weighted by molar-refractivity contribution is 6.07. The lowest BCUT2D eigenvalue weighted by Gasteiger charge is -2.29. The summed E-state index contributed by atoms with van der Waals surface area (Å²) in [6, 6.07) is 4.90. The highest BCUT2D eigenvalue weighted by Gasteiger charge is 2.68. The number of anilines is 1. The highest BCUT2D eigenvalue weighted by Crippen LogP contribution is 2.45. The summed E-state index contributed by atoms with van der Waals surface area (Å²) >= 11 is 0. The summed E-state index contributed by atoms with van der Waals surface area (Å²) in [6.45, 7) is 1.10. The van der Waals surface area contributed by atoms with Crippen LogP contribution in [-0.4, -0.2) is 41.8 Å². The number of ether oxygens (including phenoxy) is 2. The number of nitrogens with one attached hydrogen (secondary N) is 3. The normalized spacial score (nSPS) is 17.3. The van der Waals surface area contributed by atoms with Crippen molar-refractivity contribution in [1.82, 2.24) is 14.9 Å². The van der Waals surface area contributed by atoms with Crippen molar-refractivity contribution in [2.24, 2.45) is 0 Å². The molecule has 0 bridgehead atoms.